The van der Waals surface area contributed by atoms with Gasteiger partial charge in [0.25, 0.3) is 11.6 Å². The van der Waals surface area contributed by atoms with Crippen molar-refractivity contribution >= 4 is 22.5 Å². The molecule has 1 amide bonds. The summed E-state index contributed by atoms with van der Waals surface area (Å²) >= 11 is 0. The van der Waals surface area contributed by atoms with Gasteiger partial charge < -0.3 is 5.73 Å². The molecular formula is C10H8N4O4. The van der Waals surface area contributed by atoms with Crippen LogP contribution < -0.4 is 11.2 Å². The van der Waals surface area contributed by atoms with E-state index in [4.69, 9.17) is 5.73 Å². The summed E-state index contributed by atoms with van der Waals surface area (Å²) in [4.78, 5) is 32.9. The topological polar surface area (TPSA) is 121 Å². The molecule has 0 saturated heterocycles. The minimum atomic E-state index is -0.934. The predicted octanol–water partition coefficient (Wildman–Crippen LogP) is -0.0594. The van der Waals surface area contributed by atoms with Crippen LogP contribution in [0, 0.1) is 10.1 Å². The van der Waals surface area contributed by atoms with Crippen molar-refractivity contribution in [2.75, 3.05) is 0 Å². The zero-order chi connectivity index (χ0) is 13.4. The van der Waals surface area contributed by atoms with E-state index in [0.717, 1.165) is 0 Å². The number of aryl methyl sites for hydroxylation is 1. The first kappa shape index (κ1) is 11.7. The van der Waals surface area contributed by atoms with Gasteiger partial charge in [-0.05, 0) is 6.07 Å². The summed E-state index contributed by atoms with van der Waals surface area (Å²) in [6.45, 7) is 0. The van der Waals surface area contributed by atoms with Crippen LogP contribution in [0.5, 0.6) is 0 Å². The van der Waals surface area contributed by atoms with Crippen LogP contribution in [0.1, 0.15) is 10.5 Å². The molecule has 18 heavy (non-hydrogen) atoms. The van der Waals surface area contributed by atoms with Gasteiger partial charge in [0.05, 0.1) is 15.8 Å². The number of carbonyl (C=O) groups is 1. The summed E-state index contributed by atoms with van der Waals surface area (Å²) in [7, 11) is 1.47. The minimum absolute atomic E-state index is 0.159. The van der Waals surface area contributed by atoms with Crippen LogP contribution >= 0.6 is 0 Å². The minimum Gasteiger partial charge on any atom is -0.364 e. The zero-order valence-corrected chi connectivity index (χ0v) is 9.28. The fourth-order valence-corrected chi connectivity index (χ4v) is 1.63. The number of hydrogen-bond donors (Lipinski definition) is 1. The number of nitro groups is 1. The normalized spacial score (nSPS) is 10.5. The number of nitrogens with two attached hydrogens (primary N) is 1. The Morgan fingerprint density at radius 2 is 2.17 bits per heavy atom. The van der Waals surface area contributed by atoms with Crippen LogP contribution in [0.3, 0.4) is 0 Å². The van der Waals surface area contributed by atoms with E-state index >= 15 is 0 Å². The predicted molar refractivity (Wildman–Crippen MR) is 62.2 cm³/mol. The molecule has 2 rings (SSSR count). The van der Waals surface area contributed by atoms with Crippen LogP contribution in [0.15, 0.2) is 23.0 Å². The maximum Gasteiger partial charge on any atom is 0.273 e. The lowest BCUT2D eigenvalue weighted by Crippen LogP contribution is -2.26. The number of amides is 1. The molecule has 1 heterocycles. The second kappa shape index (κ2) is 3.91. The maximum atomic E-state index is 11.9. The second-order valence-electron chi connectivity index (χ2n) is 3.62. The molecule has 0 fully saturated rings. The van der Waals surface area contributed by atoms with Crippen molar-refractivity contribution in [1.29, 1.82) is 0 Å². The van der Waals surface area contributed by atoms with Crippen LogP contribution in [-0.2, 0) is 7.05 Å². The summed E-state index contributed by atoms with van der Waals surface area (Å²) in [5, 5.41) is 14.5. The smallest absolute Gasteiger partial charge is 0.273 e. The van der Waals surface area contributed by atoms with E-state index in [-0.39, 0.29) is 22.3 Å². The number of aromatic nitrogens is 2. The summed E-state index contributed by atoms with van der Waals surface area (Å²) in [5.74, 6) is -0.934. The highest BCUT2D eigenvalue weighted by Gasteiger charge is 2.16. The largest absolute Gasteiger partial charge is 0.364 e. The van der Waals surface area contributed by atoms with Crippen LogP contribution in [-0.4, -0.2) is 20.6 Å². The van der Waals surface area contributed by atoms with E-state index in [1.165, 1.54) is 29.9 Å². The lowest BCUT2D eigenvalue weighted by molar-refractivity contribution is -0.384. The number of non-ortho nitro benzene ring substituents is 1. The summed E-state index contributed by atoms with van der Waals surface area (Å²) < 4.78 is 1.21. The average molecular weight is 248 g/mol. The first-order valence-corrected chi connectivity index (χ1v) is 4.87. The Morgan fingerprint density at radius 3 is 2.72 bits per heavy atom. The Balaban J connectivity index is 2.88. The van der Waals surface area contributed by atoms with Gasteiger partial charge in [-0.3, -0.25) is 24.4 Å². The molecule has 0 aliphatic carbocycles. The number of fused-ring (bicyclic) bond motifs is 1. The molecule has 0 unspecified atom stereocenters. The fourth-order valence-electron chi connectivity index (χ4n) is 1.63. The van der Waals surface area contributed by atoms with Gasteiger partial charge in [-0.25, -0.2) is 0 Å². The van der Waals surface area contributed by atoms with Gasteiger partial charge in [0.2, 0.25) is 5.43 Å². The molecule has 0 aliphatic rings. The number of benzene rings is 1. The van der Waals surface area contributed by atoms with Crippen LogP contribution in [0.25, 0.3) is 10.9 Å². The molecule has 8 heteroatoms. The van der Waals surface area contributed by atoms with E-state index in [2.05, 4.69) is 5.10 Å². The molecule has 2 aromatic rings. The SMILES string of the molecule is Cn1nc(C(N)=O)c(=O)c2ccc([N+](=O)[O-])cc21. The molecule has 1 aromatic carbocycles. The molecule has 1 aromatic heterocycles. The molecule has 8 nitrogen and oxygen atoms in total. The molecular weight excluding hydrogens is 240 g/mol. The zero-order valence-electron chi connectivity index (χ0n) is 9.28. The number of carbonyl (C=O) groups excluding carboxylic acids is 1. The van der Waals surface area contributed by atoms with Crippen molar-refractivity contribution in [3.63, 3.8) is 0 Å². The molecule has 0 saturated carbocycles. The standard InChI is InChI=1S/C10H8N4O4/c1-13-7-4-5(14(17)18)2-3-6(7)9(15)8(12-13)10(11)16/h2-4H,1H3,(H2,11,16). The fraction of sp³-hybridized carbons (Fsp3) is 0.100. The van der Waals surface area contributed by atoms with E-state index in [9.17, 15) is 19.7 Å². The first-order chi connectivity index (χ1) is 8.41. The third-order valence-electron chi connectivity index (χ3n) is 2.48. The first-order valence-electron chi connectivity index (χ1n) is 4.87. The van der Waals surface area contributed by atoms with Gasteiger partial charge in [-0.1, -0.05) is 0 Å². The average Bonchev–Trinajstić information content (AvgIpc) is 2.32. The lowest BCUT2D eigenvalue weighted by atomic mass is 10.2. The number of nitro benzene ring substituents is 1. The third-order valence-corrected chi connectivity index (χ3v) is 2.48. The van der Waals surface area contributed by atoms with Gasteiger partial charge in [-0.15, -0.1) is 0 Å². The van der Waals surface area contributed by atoms with Crippen molar-refractivity contribution in [2.45, 2.75) is 0 Å². The van der Waals surface area contributed by atoms with E-state index in [1.54, 1.807) is 0 Å². The van der Waals surface area contributed by atoms with Crippen molar-refractivity contribution in [1.82, 2.24) is 9.78 Å². The summed E-state index contributed by atoms with van der Waals surface area (Å²) in [6.07, 6.45) is 0. The highest BCUT2D eigenvalue weighted by atomic mass is 16.6. The van der Waals surface area contributed by atoms with Gasteiger partial charge >= 0.3 is 0 Å². The van der Waals surface area contributed by atoms with Gasteiger partial charge in [-0.2, -0.15) is 5.10 Å². The monoisotopic (exact) mass is 248 g/mol. The van der Waals surface area contributed by atoms with E-state index in [1.807, 2.05) is 0 Å². The maximum absolute atomic E-state index is 11.9. The van der Waals surface area contributed by atoms with Gasteiger partial charge in [0.1, 0.15) is 0 Å². The number of hydrogen-bond acceptors (Lipinski definition) is 5. The number of primary amides is 1. The van der Waals surface area contributed by atoms with Crippen molar-refractivity contribution in [3.05, 3.63) is 44.2 Å². The highest BCUT2D eigenvalue weighted by Crippen LogP contribution is 2.17. The van der Waals surface area contributed by atoms with E-state index in [0.29, 0.717) is 0 Å². The molecule has 0 bridgehead atoms. The van der Waals surface area contributed by atoms with Crippen LogP contribution in [0.2, 0.25) is 0 Å². The Morgan fingerprint density at radius 1 is 1.50 bits per heavy atom. The summed E-state index contributed by atoms with van der Waals surface area (Å²) in [6, 6.07) is 3.69. The van der Waals surface area contributed by atoms with Crippen molar-refractivity contribution in [3.8, 4) is 0 Å². The Bertz CT molecular complexity index is 734. The summed E-state index contributed by atoms with van der Waals surface area (Å²) in [5.41, 5.74) is 4.11. The molecule has 0 spiro atoms. The van der Waals surface area contributed by atoms with Crippen molar-refractivity contribution in [2.24, 2.45) is 12.8 Å². The van der Waals surface area contributed by atoms with Gasteiger partial charge in [0, 0.05) is 19.2 Å². The molecule has 92 valence electrons. The number of rotatable bonds is 2. The highest BCUT2D eigenvalue weighted by molar-refractivity contribution is 5.94. The molecule has 0 radical (unpaired) electrons. The molecule has 2 N–H and O–H groups in total. The quantitative estimate of drug-likeness (QED) is 0.589. The Hall–Kier alpha value is -2.77. The Labute approximate surface area is 99.8 Å². The lowest BCUT2D eigenvalue weighted by Gasteiger charge is -2.05. The van der Waals surface area contributed by atoms with Crippen molar-refractivity contribution < 1.29 is 9.72 Å². The third kappa shape index (κ3) is 1.69. The van der Waals surface area contributed by atoms with Crippen LogP contribution in [0.4, 0.5) is 5.69 Å². The molecule has 0 atom stereocenters. The number of nitrogens with zero attached hydrogens (tertiary/aromatic N) is 3. The molecule has 0 aliphatic heterocycles. The second-order valence-corrected chi connectivity index (χ2v) is 3.62. The Kier molecular flexibility index (Phi) is 2.55. The van der Waals surface area contributed by atoms with E-state index < -0.39 is 16.3 Å². The van der Waals surface area contributed by atoms with Gasteiger partial charge in [0.15, 0.2) is 5.69 Å².